The zero-order valence-electron chi connectivity index (χ0n) is 10.7. The molecule has 0 aromatic carbocycles. The van der Waals surface area contributed by atoms with Crippen molar-refractivity contribution in [3.63, 3.8) is 0 Å². The van der Waals surface area contributed by atoms with Crippen LogP contribution in [-0.2, 0) is 9.59 Å². The summed E-state index contributed by atoms with van der Waals surface area (Å²) in [5, 5.41) is 14.2. The molecule has 0 aliphatic carbocycles. The van der Waals surface area contributed by atoms with E-state index in [-0.39, 0.29) is 18.9 Å². The second kappa shape index (κ2) is 5.70. The van der Waals surface area contributed by atoms with Gasteiger partial charge in [0, 0.05) is 13.1 Å². The first-order valence-electron chi connectivity index (χ1n) is 5.96. The average Bonchev–Trinajstić information content (AvgIpc) is 2.53. The van der Waals surface area contributed by atoms with E-state index in [4.69, 9.17) is 5.11 Å². The first kappa shape index (κ1) is 14.3. The molecule has 7 nitrogen and oxygen atoms in total. The Kier molecular flexibility index (Phi) is 4.52. The molecule has 3 N–H and O–H groups in total. The largest absolute Gasteiger partial charge is 0.480 e. The van der Waals surface area contributed by atoms with Crippen molar-refractivity contribution < 1.29 is 19.5 Å². The van der Waals surface area contributed by atoms with E-state index in [2.05, 4.69) is 10.6 Å². The summed E-state index contributed by atoms with van der Waals surface area (Å²) in [5.41, 5.74) is -1.31. The van der Waals surface area contributed by atoms with Gasteiger partial charge in [0.05, 0.1) is 0 Å². The topological polar surface area (TPSA) is 98.7 Å². The third-order valence-electron chi connectivity index (χ3n) is 3.11. The highest BCUT2D eigenvalue weighted by atomic mass is 16.4. The Bertz CT molecular complexity index is 358. The number of carbonyl (C=O) groups is 3. The van der Waals surface area contributed by atoms with Gasteiger partial charge in [-0.05, 0) is 19.8 Å². The zero-order chi connectivity index (χ0) is 13.8. The Morgan fingerprint density at radius 3 is 2.78 bits per heavy atom. The smallest absolute Gasteiger partial charge is 0.329 e. The molecule has 0 bridgehead atoms. The van der Waals surface area contributed by atoms with Gasteiger partial charge in [0.1, 0.15) is 12.1 Å². The molecular weight excluding hydrogens is 238 g/mol. The maximum Gasteiger partial charge on any atom is 0.329 e. The fraction of sp³-hybridized carbons (Fsp3) is 0.727. The third-order valence-corrected chi connectivity index (χ3v) is 3.11. The maximum atomic E-state index is 11.9. The number of carboxylic acid groups (broad SMARTS) is 1. The van der Waals surface area contributed by atoms with Gasteiger partial charge in [-0.3, -0.25) is 4.79 Å². The van der Waals surface area contributed by atoms with Crippen molar-refractivity contribution >= 4 is 17.9 Å². The van der Waals surface area contributed by atoms with E-state index in [0.29, 0.717) is 19.5 Å². The minimum atomic E-state index is -1.31. The van der Waals surface area contributed by atoms with E-state index in [9.17, 15) is 14.4 Å². The van der Waals surface area contributed by atoms with E-state index in [1.807, 2.05) is 0 Å². The number of urea groups is 1. The van der Waals surface area contributed by atoms with Crippen LogP contribution < -0.4 is 10.6 Å². The number of carbonyl (C=O) groups excluding carboxylic acids is 2. The average molecular weight is 257 g/mol. The molecule has 1 fully saturated rings. The number of hydrogen-bond donors (Lipinski definition) is 3. The van der Waals surface area contributed by atoms with E-state index < -0.39 is 17.5 Å². The summed E-state index contributed by atoms with van der Waals surface area (Å²) in [5.74, 6) is -1.31. The molecule has 0 radical (unpaired) electrons. The van der Waals surface area contributed by atoms with Crippen LogP contribution in [0.3, 0.4) is 0 Å². The minimum absolute atomic E-state index is 0.0365. The molecule has 0 aromatic heterocycles. The van der Waals surface area contributed by atoms with E-state index in [1.54, 1.807) is 6.92 Å². The molecule has 102 valence electrons. The minimum Gasteiger partial charge on any atom is -0.480 e. The van der Waals surface area contributed by atoms with Crippen molar-refractivity contribution in [1.29, 1.82) is 0 Å². The van der Waals surface area contributed by atoms with Crippen LogP contribution in [0.4, 0.5) is 4.79 Å². The highest BCUT2D eigenvalue weighted by Crippen LogP contribution is 2.10. The normalized spacial score (nSPS) is 19.4. The summed E-state index contributed by atoms with van der Waals surface area (Å²) in [6, 6.07) is -0.515. The molecule has 1 aliphatic heterocycles. The van der Waals surface area contributed by atoms with Crippen LogP contribution in [0.1, 0.15) is 26.7 Å². The fourth-order valence-electron chi connectivity index (χ4n) is 1.59. The third kappa shape index (κ3) is 3.35. The van der Waals surface area contributed by atoms with E-state index >= 15 is 0 Å². The van der Waals surface area contributed by atoms with Crippen molar-refractivity contribution in [3.8, 4) is 0 Å². The number of aliphatic carboxylic acids is 1. The molecule has 1 heterocycles. The fourth-order valence-corrected chi connectivity index (χ4v) is 1.59. The lowest BCUT2D eigenvalue weighted by atomic mass is 10.00. The van der Waals surface area contributed by atoms with Crippen molar-refractivity contribution in [1.82, 2.24) is 15.5 Å². The summed E-state index contributed by atoms with van der Waals surface area (Å²) in [4.78, 5) is 35.7. The van der Waals surface area contributed by atoms with Crippen molar-refractivity contribution in [2.45, 2.75) is 32.2 Å². The van der Waals surface area contributed by atoms with Crippen molar-refractivity contribution in [3.05, 3.63) is 0 Å². The summed E-state index contributed by atoms with van der Waals surface area (Å²) >= 11 is 0. The SMILES string of the molecule is CCC(C)(NC(=O)N1CCCNC(=O)C1)C(=O)O. The Balaban J connectivity index is 2.69. The van der Waals surface area contributed by atoms with Crippen LogP contribution in [0.25, 0.3) is 0 Å². The van der Waals surface area contributed by atoms with Gasteiger partial charge in [-0.25, -0.2) is 9.59 Å². The van der Waals surface area contributed by atoms with Gasteiger partial charge in [-0.1, -0.05) is 6.92 Å². The Hall–Kier alpha value is -1.79. The molecular formula is C11H19N3O4. The maximum absolute atomic E-state index is 11.9. The molecule has 1 rings (SSSR count). The second-order valence-electron chi connectivity index (χ2n) is 4.55. The molecule has 1 saturated heterocycles. The molecule has 7 heteroatoms. The molecule has 1 atom stereocenters. The van der Waals surface area contributed by atoms with Gasteiger partial charge in [-0.15, -0.1) is 0 Å². The highest BCUT2D eigenvalue weighted by Gasteiger charge is 2.34. The zero-order valence-corrected chi connectivity index (χ0v) is 10.7. The van der Waals surface area contributed by atoms with E-state index in [1.165, 1.54) is 11.8 Å². The Morgan fingerprint density at radius 2 is 2.22 bits per heavy atom. The van der Waals surface area contributed by atoms with Crippen LogP contribution in [0.5, 0.6) is 0 Å². The van der Waals surface area contributed by atoms with Gasteiger partial charge in [0.25, 0.3) is 0 Å². The molecule has 1 unspecified atom stereocenters. The van der Waals surface area contributed by atoms with Crippen LogP contribution in [-0.4, -0.2) is 53.1 Å². The molecule has 0 saturated carbocycles. The predicted molar refractivity (Wildman–Crippen MR) is 64.1 cm³/mol. The van der Waals surface area contributed by atoms with Crippen LogP contribution in [0.15, 0.2) is 0 Å². The lowest BCUT2D eigenvalue weighted by Gasteiger charge is -2.28. The lowest BCUT2D eigenvalue weighted by Crippen LogP contribution is -2.56. The number of rotatable bonds is 3. The number of amides is 3. The quantitative estimate of drug-likeness (QED) is 0.650. The first-order valence-corrected chi connectivity index (χ1v) is 5.96. The summed E-state index contributed by atoms with van der Waals surface area (Å²) in [6.45, 7) is 4.07. The molecule has 3 amide bonds. The number of nitrogens with zero attached hydrogens (tertiary/aromatic N) is 1. The van der Waals surface area contributed by atoms with Gasteiger partial charge in [0.2, 0.25) is 5.91 Å². The molecule has 0 spiro atoms. The predicted octanol–water partition coefficient (Wildman–Crippen LogP) is -0.229. The summed E-state index contributed by atoms with van der Waals surface area (Å²) in [7, 11) is 0. The second-order valence-corrected chi connectivity index (χ2v) is 4.55. The standard InChI is InChI=1S/C11H19N3O4/c1-3-11(2,9(16)17)13-10(18)14-6-4-5-12-8(15)7-14/h3-7H2,1-2H3,(H,12,15)(H,13,18)(H,16,17). The highest BCUT2D eigenvalue weighted by molar-refractivity contribution is 5.88. The van der Waals surface area contributed by atoms with Crippen LogP contribution >= 0.6 is 0 Å². The Labute approximate surface area is 106 Å². The van der Waals surface area contributed by atoms with Gasteiger partial charge < -0.3 is 20.6 Å². The number of carboxylic acids is 1. The van der Waals surface area contributed by atoms with E-state index in [0.717, 1.165) is 0 Å². The van der Waals surface area contributed by atoms with Crippen molar-refractivity contribution in [2.24, 2.45) is 0 Å². The van der Waals surface area contributed by atoms with Gasteiger partial charge in [-0.2, -0.15) is 0 Å². The molecule has 0 aromatic rings. The number of nitrogens with one attached hydrogen (secondary N) is 2. The lowest BCUT2D eigenvalue weighted by molar-refractivity contribution is -0.143. The number of hydrogen-bond acceptors (Lipinski definition) is 3. The van der Waals surface area contributed by atoms with Crippen molar-refractivity contribution in [2.75, 3.05) is 19.6 Å². The summed E-state index contributed by atoms with van der Waals surface area (Å²) < 4.78 is 0. The Morgan fingerprint density at radius 1 is 1.56 bits per heavy atom. The first-order chi connectivity index (χ1) is 8.39. The van der Waals surface area contributed by atoms with Gasteiger partial charge in [0.15, 0.2) is 0 Å². The van der Waals surface area contributed by atoms with Crippen LogP contribution in [0, 0.1) is 0 Å². The van der Waals surface area contributed by atoms with Crippen LogP contribution in [0.2, 0.25) is 0 Å². The monoisotopic (exact) mass is 257 g/mol. The molecule has 1 aliphatic rings. The summed E-state index contributed by atoms with van der Waals surface area (Å²) in [6.07, 6.45) is 0.934. The molecule has 18 heavy (non-hydrogen) atoms. The van der Waals surface area contributed by atoms with Gasteiger partial charge >= 0.3 is 12.0 Å².